The summed E-state index contributed by atoms with van der Waals surface area (Å²) in [5, 5.41) is 0. The molecule has 0 spiro atoms. The molecule has 0 aliphatic carbocycles. The summed E-state index contributed by atoms with van der Waals surface area (Å²) in [5.41, 5.74) is 8.43. The molecule has 0 atom stereocenters. The van der Waals surface area contributed by atoms with Gasteiger partial charge in [0.2, 0.25) is 0 Å². The standard InChI is InChI=1S/C24H32/c1-17(2)22(18-9-13-20(14-10-18)23(3,4)5)19-11-15-21(16-12-19)24(6,7)8/h9-16H,1-8H3. The lowest BCUT2D eigenvalue weighted by Crippen LogP contribution is -2.11. The first kappa shape index (κ1) is 18.5. The van der Waals surface area contributed by atoms with Crippen molar-refractivity contribution < 1.29 is 0 Å². The molecule has 0 bridgehead atoms. The lowest BCUT2D eigenvalue weighted by molar-refractivity contribution is 0.590. The number of hydrogen-bond donors (Lipinski definition) is 0. The van der Waals surface area contributed by atoms with Crippen LogP contribution < -0.4 is 0 Å². The third-order valence-electron chi connectivity index (χ3n) is 4.58. The summed E-state index contributed by atoms with van der Waals surface area (Å²) in [4.78, 5) is 0. The van der Waals surface area contributed by atoms with Crippen molar-refractivity contribution in [2.75, 3.05) is 0 Å². The molecule has 0 N–H and O–H groups in total. The van der Waals surface area contributed by atoms with Crippen LogP contribution in [0.1, 0.15) is 77.6 Å². The average molecular weight is 321 g/mol. The SMILES string of the molecule is CC(C)=C(c1ccc(C(C)(C)C)cc1)c1ccc(C(C)(C)C)cc1. The van der Waals surface area contributed by atoms with E-state index in [1.54, 1.807) is 0 Å². The van der Waals surface area contributed by atoms with E-state index in [1.165, 1.54) is 33.4 Å². The van der Waals surface area contributed by atoms with Gasteiger partial charge in [0.1, 0.15) is 0 Å². The molecule has 2 aromatic rings. The van der Waals surface area contributed by atoms with Gasteiger partial charge >= 0.3 is 0 Å². The maximum atomic E-state index is 2.27. The van der Waals surface area contributed by atoms with E-state index < -0.39 is 0 Å². The minimum atomic E-state index is 0.192. The maximum absolute atomic E-state index is 2.27. The highest BCUT2D eigenvalue weighted by molar-refractivity contribution is 5.81. The van der Waals surface area contributed by atoms with Crippen LogP contribution in [0.25, 0.3) is 5.57 Å². The summed E-state index contributed by atoms with van der Waals surface area (Å²) < 4.78 is 0. The van der Waals surface area contributed by atoms with Crippen LogP contribution in [-0.4, -0.2) is 0 Å². The summed E-state index contributed by atoms with van der Waals surface area (Å²) in [6, 6.07) is 18.1. The fourth-order valence-corrected chi connectivity index (χ4v) is 3.02. The monoisotopic (exact) mass is 320 g/mol. The van der Waals surface area contributed by atoms with Crippen LogP contribution >= 0.6 is 0 Å². The molecule has 0 heteroatoms. The quantitative estimate of drug-likeness (QED) is 0.552. The van der Waals surface area contributed by atoms with Crippen molar-refractivity contribution in [3.63, 3.8) is 0 Å². The van der Waals surface area contributed by atoms with Crippen LogP contribution in [0.2, 0.25) is 0 Å². The van der Waals surface area contributed by atoms with E-state index in [0.717, 1.165) is 0 Å². The molecule has 0 saturated carbocycles. The van der Waals surface area contributed by atoms with E-state index in [1.807, 2.05) is 0 Å². The minimum absolute atomic E-state index is 0.192. The van der Waals surface area contributed by atoms with E-state index in [-0.39, 0.29) is 10.8 Å². The second-order valence-electron chi connectivity index (χ2n) is 9.03. The highest BCUT2D eigenvalue weighted by Gasteiger charge is 2.16. The van der Waals surface area contributed by atoms with E-state index in [4.69, 9.17) is 0 Å². The van der Waals surface area contributed by atoms with Crippen molar-refractivity contribution in [3.05, 3.63) is 76.4 Å². The van der Waals surface area contributed by atoms with Crippen molar-refractivity contribution in [2.45, 2.75) is 66.2 Å². The first-order valence-corrected chi connectivity index (χ1v) is 8.89. The molecule has 0 amide bonds. The van der Waals surface area contributed by atoms with Crippen LogP contribution in [0.5, 0.6) is 0 Å². The fourth-order valence-electron chi connectivity index (χ4n) is 3.02. The van der Waals surface area contributed by atoms with Crippen molar-refractivity contribution in [1.29, 1.82) is 0 Å². The second kappa shape index (κ2) is 6.59. The van der Waals surface area contributed by atoms with Gasteiger partial charge < -0.3 is 0 Å². The Kier molecular flexibility index (Phi) is 5.08. The summed E-state index contributed by atoms with van der Waals surface area (Å²) in [7, 11) is 0. The van der Waals surface area contributed by atoms with E-state index in [2.05, 4.69) is 104 Å². The number of allylic oxidation sites excluding steroid dienone is 1. The number of rotatable bonds is 2. The van der Waals surface area contributed by atoms with E-state index >= 15 is 0 Å². The minimum Gasteiger partial charge on any atom is -0.0680 e. The van der Waals surface area contributed by atoms with Crippen molar-refractivity contribution in [2.24, 2.45) is 0 Å². The maximum Gasteiger partial charge on any atom is -0.0125 e. The fraction of sp³-hybridized carbons (Fsp3) is 0.417. The summed E-state index contributed by atoms with van der Waals surface area (Å²) in [6.45, 7) is 18.0. The smallest absolute Gasteiger partial charge is 0.0125 e. The first-order valence-electron chi connectivity index (χ1n) is 8.89. The molecule has 0 aromatic heterocycles. The molecule has 128 valence electrons. The molecule has 0 nitrogen and oxygen atoms in total. The molecule has 0 saturated heterocycles. The zero-order valence-corrected chi connectivity index (χ0v) is 16.6. The lowest BCUT2D eigenvalue weighted by Gasteiger charge is -2.21. The molecule has 0 heterocycles. The summed E-state index contributed by atoms with van der Waals surface area (Å²) in [6.07, 6.45) is 0. The third kappa shape index (κ3) is 4.17. The normalized spacial score (nSPS) is 12.2. The predicted octanol–water partition coefficient (Wildman–Crippen LogP) is 7.12. The Morgan fingerprint density at radius 1 is 0.542 bits per heavy atom. The highest BCUT2D eigenvalue weighted by atomic mass is 14.2. The van der Waals surface area contributed by atoms with Gasteiger partial charge in [0, 0.05) is 0 Å². The lowest BCUT2D eigenvalue weighted by atomic mass is 9.84. The highest BCUT2D eigenvalue weighted by Crippen LogP contribution is 2.31. The van der Waals surface area contributed by atoms with E-state index in [9.17, 15) is 0 Å². The van der Waals surface area contributed by atoms with Gasteiger partial charge in [-0.3, -0.25) is 0 Å². The molecule has 0 aliphatic rings. The molecule has 2 rings (SSSR count). The molecule has 0 aliphatic heterocycles. The van der Waals surface area contributed by atoms with Gasteiger partial charge in [0.15, 0.2) is 0 Å². The molecule has 2 aromatic carbocycles. The molecule has 0 radical (unpaired) electrons. The Morgan fingerprint density at radius 3 is 1.04 bits per heavy atom. The summed E-state index contributed by atoms with van der Waals surface area (Å²) >= 11 is 0. The van der Waals surface area contributed by atoms with Crippen LogP contribution in [0.3, 0.4) is 0 Å². The topological polar surface area (TPSA) is 0 Å². The second-order valence-corrected chi connectivity index (χ2v) is 9.03. The van der Waals surface area contributed by atoms with Gasteiger partial charge in [0.05, 0.1) is 0 Å². The van der Waals surface area contributed by atoms with Gasteiger partial charge in [-0.1, -0.05) is 95.6 Å². The zero-order chi connectivity index (χ0) is 18.1. The van der Waals surface area contributed by atoms with Gasteiger partial charge in [-0.25, -0.2) is 0 Å². The van der Waals surface area contributed by atoms with Gasteiger partial charge in [-0.05, 0) is 52.5 Å². The van der Waals surface area contributed by atoms with Crippen LogP contribution in [-0.2, 0) is 10.8 Å². The number of benzene rings is 2. The zero-order valence-electron chi connectivity index (χ0n) is 16.6. The van der Waals surface area contributed by atoms with Crippen LogP contribution in [0, 0.1) is 0 Å². The Bertz CT molecular complexity index is 648. The van der Waals surface area contributed by atoms with E-state index in [0.29, 0.717) is 0 Å². The molecular formula is C24H32. The summed E-state index contributed by atoms with van der Waals surface area (Å²) in [5.74, 6) is 0. The largest absolute Gasteiger partial charge is 0.0680 e. The third-order valence-corrected chi connectivity index (χ3v) is 4.58. The average Bonchev–Trinajstić information content (AvgIpc) is 2.46. The van der Waals surface area contributed by atoms with Crippen LogP contribution in [0.15, 0.2) is 54.1 Å². The predicted molar refractivity (Wildman–Crippen MR) is 108 cm³/mol. The Morgan fingerprint density at radius 2 is 0.833 bits per heavy atom. The first-order chi connectivity index (χ1) is 11.0. The number of hydrogen-bond acceptors (Lipinski definition) is 0. The van der Waals surface area contributed by atoms with Gasteiger partial charge in [-0.15, -0.1) is 0 Å². The molecule has 0 unspecified atom stereocenters. The van der Waals surface area contributed by atoms with Gasteiger partial charge in [-0.2, -0.15) is 0 Å². The Hall–Kier alpha value is -1.82. The molecule has 0 fully saturated rings. The van der Waals surface area contributed by atoms with Crippen LogP contribution in [0.4, 0.5) is 0 Å². The van der Waals surface area contributed by atoms with Crippen molar-refractivity contribution in [1.82, 2.24) is 0 Å². The van der Waals surface area contributed by atoms with Crippen molar-refractivity contribution in [3.8, 4) is 0 Å². The molecule has 24 heavy (non-hydrogen) atoms. The van der Waals surface area contributed by atoms with Gasteiger partial charge in [0.25, 0.3) is 0 Å². The van der Waals surface area contributed by atoms with Crippen molar-refractivity contribution >= 4 is 5.57 Å². The molecular weight excluding hydrogens is 288 g/mol. The Labute approximate surface area is 148 Å². The Balaban J connectivity index is 2.43.